The van der Waals surface area contributed by atoms with E-state index in [9.17, 15) is 18.0 Å². The number of halogens is 4. The van der Waals surface area contributed by atoms with Gasteiger partial charge in [0, 0.05) is 43.3 Å². The van der Waals surface area contributed by atoms with Gasteiger partial charge in [0.1, 0.15) is 20.0 Å². The van der Waals surface area contributed by atoms with E-state index in [-0.39, 0.29) is 46.5 Å². The molecule has 4 N–H and O–H groups in total. The molecule has 0 aliphatic carbocycles. The Morgan fingerprint density at radius 2 is 2.07 bits per heavy atom. The molecule has 0 amide bonds. The van der Waals surface area contributed by atoms with Crippen LogP contribution in [0.25, 0.3) is 5.65 Å². The van der Waals surface area contributed by atoms with E-state index in [1.165, 1.54) is 10.6 Å². The van der Waals surface area contributed by atoms with Crippen molar-refractivity contribution in [3.8, 4) is 11.8 Å². The van der Waals surface area contributed by atoms with Crippen LogP contribution in [0.5, 0.6) is 0 Å². The number of hydrogen-bond donors (Lipinski definition) is 3. The molecule has 3 aromatic rings. The number of aromatic carboxylic acids is 1. The number of fused-ring (bicyclic) bond motifs is 1. The Morgan fingerprint density at radius 1 is 1.30 bits per heavy atom. The fraction of sp³-hybridized carbons (Fsp3) is 0.519. The summed E-state index contributed by atoms with van der Waals surface area (Å²) in [5.41, 5.74) is 2.19. The van der Waals surface area contributed by atoms with Gasteiger partial charge in [-0.05, 0) is 73.0 Å². The predicted octanol–water partition coefficient (Wildman–Crippen LogP) is 3.61. The van der Waals surface area contributed by atoms with E-state index in [1.54, 1.807) is 16.9 Å². The third-order valence-electron chi connectivity index (χ3n) is 6.82. The number of rotatable bonds is 13. The highest BCUT2D eigenvalue weighted by molar-refractivity contribution is 14.1. The van der Waals surface area contributed by atoms with Crippen molar-refractivity contribution in [2.24, 2.45) is 11.7 Å². The number of aromatic nitrogens is 4. The molecule has 0 unspecified atom stereocenters. The molecule has 1 aliphatic rings. The quantitative estimate of drug-likeness (QED) is 0.104. The number of alkyl halides is 3. The van der Waals surface area contributed by atoms with Crippen LogP contribution in [0.3, 0.4) is 0 Å². The molecule has 2 atom stereocenters. The van der Waals surface area contributed by atoms with Crippen LogP contribution in [0.2, 0.25) is 0 Å². The first kappa shape index (κ1) is 33.3. The Labute approximate surface area is 264 Å². The van der Waals surface area contributed by atoms with Gasteiger partial charge in [-0.25, -0.2) is 9.78 Å². The molecule has 0 aromatic carbocycles. The van der Waals surface area contributed by atoms with Crippen LogP contribution < -0.4 is 11.1 Å². The van der Waals surface area contributed by atoms with Crippen molar-refractivity contribution < 1.29 is 32.5 Å². The number of anilines is 1. The number of hydrogen-bond acceptors (Lipinski definition) is 9. The standard InChI is InChI=1S/C27H33F3IN7O4S/c1-36-10-6-20(18(16-36)7-12-41-14-15-42-13-11-37-17-19(26(39)40)23(31)35-37)33-21-5-3-9-38-24(21)34-22(4-2-8-32)25(38)43-27(28,29)30/h3,5,9,17-18,20,33H,6-8,10-16,32H2,1H3,(H,39,40)/t18-,20-/m0/s1. The highest BCUT2D eigenvalue weighted by Gasteiger charge is 2.34. The van der Waals surface area contributed by atoms with E-state index < -0.39 is 11.5 Å². The van der Waals surface area contributed by atoms with Crippen LogP contribution in [0.15, 0.2) is 29.6 Å². The molecule has 0 saturated carbocycles. The maximum absolute atomic E-state index is 13.3. The van der Waals surface area contributed by atoms with Gasteiger partial charge in [0.2, 0.25) is 0 Å². The second kappa shape index (κ2) is 15.4. The second-order valence-electron chi connectivity index (χ2n) is 9.91. The number of carboxylic acid groups (broad SMARTS) is 1. The van der Waals surface area contributed by atoms with Crippen LogP contribution >= 0.6 is 34.4 Å². The molecule has 1 saturated heterocycles. The SMILES string of the molecule is CN1CC[C@H](Nc2cccn3c(SC(F)(F)F)c(C#CCN)nc23)[C@@H](CCOCCOCCn2cc(C(=O)O)c(I)n2)C1. The largest absolute Gasteiger partial charge is 0.478 e. The van der Waals surface area contributed by atoms with Gasteiger partial charge in [0.15, 0.2) is 5.65 Å². The van der Waals surface area contributed by atoms with E-state index in [4.69, 9.17) is 20.3 Å². The summed E-state index contributed by atoms with van der Waals surface area (Å²) in [5.74, 6) is 4.52. The minimum atomic E-state index is -4.49. The van der Waals surface area contributed by atoms with E-state index in [1.807, 2.05) is 28.7 Å². The molecular weight excluding hydrogens is 702 g/mol. The summed E-state index contributed by atoms with van der Waals surface area (Å²) in [5, 5.41) is 16.7. The number of piperidine rings is 1. The lowest BCUT2D eigenvalue weighted by Gasteiger charge is -2.37. The fourth-order valence-corrected chi connectivity index (χ4v) is 6.15. The Bertz CT molecular complexity index is 1460. The molecule has 0 spiro atoms. The van der Waals surface area contributed by atoms with Crippen LogP contribution in [0, 0.1) is 21.5 Å². The number of imidazole rings is 1. The maximum Gasteiger partial charge on any atom is 0.447 e. The molecule has 16 heteroatoms. The zero-order chi connectivity index (χ0) is 31.0. The molecule has 4 rings (SSSR count). The van der Waals surface area contributed by atoms with Crippen molar-refractivity contribution in [2.75, 3.05) is 58.4 Å². The van der Waals surface area contributed by atoms with Crippen molar-refractivity contribution >= 4 is 51.7 Å². The first-order chi connectivity index (χ1) is 20.6. The Kier molecular flexibility index (Phi) is 12.0. The minimum absolute atomic E-state index is 0.0146. The normalized spacial score (nSPS) is 17.6. The van der Waals surface area contributed by atoms with E-state index in [0.29, 0.717) is 48.0 Å². The minimum Gasteiger partial charge on any atom is -0.478 e. The second-order valence-corrected chi connectivity index (χ2v) is 12.0. The molecule has 0 radical (unpaired) electrons. The lowest BCUT2D eigenvalue weighted by Crippen LogP contribution is -2.45. The molecule has 4 heterocycles. The van der Waals surface area contributed by atoms with Crippen molar-refractivity contribution in [1.82, 2.24) is 24.1 Å². The first-order valence-electron chi connectivity index (χ1n) is 13.6. The maximum atomic E-state index is 13.3. The lowest BCUT2D eigenvalue weighted by molar-refractivity contribution is -0.0330. The van der Waals surface area contributed by atoms with E-state index >= 15 is 0 Å². The van der Waals surface area contributed by atoms with E-state index in [0.717, 1.165) is 25.9 Å². The predicted molar refractivity (Wildman–Crippen MR) is 164 cm³/mol. The zero-order valence-corrected chi connectivity index (χ0v) is 26.4. The molecule has 1 aliphatic heterocycles. The van der Waals surface area contributed by atoms with Crippen molar-refractivity contribution in [3.05, 3.63) is 39.5 Å². The van der Waals surface area contributed by atoms with Gasteiger partial charge in [-0.3, -0.25) is 9.08 Å². The fourth-order valence-electron chi connectivity index (χ4n) is 4.85. The number of nitrogens with one attached hydrogen (secondary N) is 1. The van der Waals surface area contributed by atoms with Crippen LogP contribution in [-0.2, 0) is 16.0 Å². The van der Waals surface area contributed by atoms with Crippen molar-refractivity contribution in [3.63, 3.8) is 0 Å². The van der Waals surface area contributed by atoms with Crippen LogP contribution in [-0.4, -0.2) is 99.8 Å². The summed E-state index contributed by atoms with van der Waals surface area (Å²) < 4.78 is 54.9. The zero-order valence-electron chi connectivity index (χ0n) is 23.4. The average Bonchev–Trinajstić information content (AvgIpc) is 3.49. The number of pyridine rings is 1. The van der Waals surface area contributed by atoms with Gasteiger partial charge in [-0.1, -0.05) is 5.92 Å². The van der Waals surface area contributed by atoms with Gasteiger partial charge in [-0.15, -0.1) is 0 Å². The number of nitrogens with two attached hydrogens (primary N) is 1. The third-order valence-corrected chi connectivity index (χ3v) is 8.43. The molecule has 43 heavy (non-hydrogen) atoms. The Morgan fingerprint density at radius 3 is 2.77 bits per heavy atom. The lowest BCUT2D eigenvalue weighted by atomic mass is 9.89. The molecule has 3 aromatic heterocycles. The van der Waals surface area contributed by atoms with Crippen LogP contribution in [0.1, 0.15) is 28.9 Å². The van der Waals surface area contributed by atoms with Gasteiger partial charge < -0.3 is 30.5 Å². The smallest absolute Gasteiger partial charge is 0.447 e. The summed E-state index contributed by atoms with van der Waals surface area (Å²) >= 11 is 1.65. The van der Waals surface area contributed by atoms with E-state index in [2.05, 4.69) is 39.2 Å². The van der Waals surface area contributed by atoms with Crippen LogP contribution in [0.4, 0.5) is 18.9 Å². The Hall–Kier alpha value is -2.56. The summed E-state index contributed by atoms with van der Waals surface area (Å²) in [6.45, 7) is 3.89. The summed E-state index contributed by atoms with van der Waals surface area (Å²) in [7, 11) is 2.07. The van der Waals surface area contributed by atoms with Gasteiger partial charge in [-0.2, -0.15) is 18.3 Å². The third kappa shape index (κ3) is 9.46. The monoisotopic (exact) mass is 735 g/mol. The summed E-state index contributed by atoms with van der Waals surface area (Å²) in [6.07, 6.45) is 4.68. The Balaban J connectivity index is 1.31. The average molecular weight is 736 g/mol. The highest BCUT2D eigenvalue weighted by Crippen LogP contribution is 2.39. The molecule has 11 nitrogen and oxygen atoms in total. The number of nitrogens with zero attached hydrogens (tertiary/aromatic N) is 5. The number of ether oxygens (including phenoxy) is 2. The molecule has 0 bridgehead atoms. The summed E-state index contributed by atoms with van der Waals surface area (Å²) in [6, 6.07) is 3.59. The summed E-state index contributed by atoms with van der Waals surface area (Å²) in [4.78, 5) is 17.8. The first-order valence-corrected chi connectivity index (χ1v) is 15.5. The molecule has 234 valence electrons. The van der Waals surface area contributed by atoms with Gasteiger partial charge >= 0.3 is 11.5 Å². The highest BCUT2D eigenvalue weighted by atomic mass is 127. The number of thioether (sulfide) groups is 1. The number of likely N-dealkylation sites (tertiary alicyclic amines) is 1. The number of carbonyl (C=O) groups is 1. The molecular formula is C27H33F3IN7O4S. The van der Waals surface area contributed by atoms with Crippen molar-refractivity contribution in [1.29, 1.82) is 0 Å². The van der Waals surface area contributed by atoms with Gasteiger partial charge in [0.25, 0.3) is 0 Å². The topological polar surface area (TPSA) is 132 Å². The number of carboxylic acids is 1. The van der Waals surface area contributed by atoms with Crippen molar-refractivity contribution in [2.45, 2.75) is 36.0 Å². The van der Waals surface area contributed by atoms with Gasteiger partial charge in [0.05, 0.1) is 38.6 Å². The molecule has 1 fully saturated rings.